The fraction of sp³-hybridized carbons (Fsp3) is 0.375. The van der Waals surface area contributed by atoms with Gasteiger partial charge in [0.25, 0.3) is 5.91 Å². The number of aliphatic carboxylic acids is 1. The maximum absolute atomic E-state index is 12.0. The molecule has 2 aromatic heterocycles. The summed E-state index contributed by atoms with van der Waals surface area (Å²) in [5, 5.41) is 15.6. The number of hydrogen-bond acceptors (Lipinski definition) is 4. The molecule has 2 heterocycles. The lowest BCUT2D eigenvalue weighted by atomic mass is 10.2. The number of carbonyl (C=O) groups is 2. The Morgan fingerprint density at radius 1 is 1.26 bits per heavy atom. The van der Waals surface area contributed by atoms with Crippen molar-refractivity contribution in [2.75, 3.05) is 6.54 Å². The topological polar surface area (TPSA) is 97.1 Å². The maximum atomic E-state index is 12.0. The van der Waals surface area contributed by atoms with E-state index in [1.807, 2.05) is 19.9 Å². The first-order valence-corrected chi connectivity index (χ1v) is 7.47. The van der Waals surface area contributed by atoms with Crippen LogP contribution >= 0.6 is 0 Å². The molecule has 0 spiro atoms. The van der Waals surface area contributed by atoms with Crippen LogP contribution < -0.4 is 5.32 Å². The van der Waals surface area contributed by atoms with E-state index in [0.717, 1.165) is 11.4 Å². The molecule has 2 N–H and O–H groups in total. The van der Waals surface area contributed by atoms with Gasteiger partial charge < -0.3 is 10.4 Å². The molecule has 0 atom stereocenters. The molecule has 0 radical (unpaired) electrons. The van der Waals surface area contributed by atoms with E-state index in [1.165, 1.54) is 6.20 Å². The average molecular weight is 316 g/mol. The van der Waals surface area contributed by atoms with E-state index in [4.69, 9.17) is 5.11 Å². The zero-order valence-corrected chi connectivity index (χ0v) is 13.2. The molecule has 0 fully saturated rings. The molecule has 7 heteroatoms. The number of carboxylic acids is 1. The number of carboxylic acid groups (broad SMARTS) is 1. The number of hydrogen-bond donors (Lipinski definition) is 2. The molecule has 2 aromatic rings. The van der Waals surface area contributed by atoms with Gasteiger partial charge >= 0.3 is 5.97 Å². The summed E-state index contributed by atoms with van der Waals surface area (Å²) in [6, 6.07) is 5.41. The normalized spacial score (nSPS) is 10.5. The Morgan fingerprint density at radius 3 is 2.61 bits per heavy atom. The van der Waals surface area contributed by atoms with Gasteiger partial charge in [-0.15, -0.1) is 0 Å². The van der Waals surface area contributed by atoms with Gasteiger partial charge in [-0.2, -0.15) is 5.10 Å². The van der Waals surface area contributed by atoms with Crippen LogP contribution in [0.2, 0.25) is 0 Å². The van der Waals surface area contributed by atoms with Crippen molar-refractivity contribution < 1.29 is 14.7 Å². The lowest BCUT2D eigenvalue weighted by Gasteiger charge is -2.06. The number of pyridine rings is 1. The molecule has 122 valence electrons. The molecule has 0 aliphatic heterocycles. The highest BCUT2D eigenvalue weighted by atomic mass is 16.4. The lowest BCUT2D eigenvalue weighted by molar-refractivity contribution is -0.137. The van der Waals surface area contributed by atoms with Crippen molar-refractivity contribution in [1.82, 2.24) is 20.1 Å². The fourth-order valence-corrected chi connectivity index (χ4v) is 2.21. The second-order valence-electron chi connectivity index (χ2n) is 5.35. The van der Waals surface area contributed by atoms with Gasteiger partial charge in [0.05, 0.1) is 11.3 Å². The molecule has 7 nitrogen and oxygen atoms in total. The minimum atomic E-state index is -0.819. The predicted molar refractivity (Wildman–Crippen MR) is 84.7 cm³/mol. The van der Waals surface area contributed by atoms with Crippen LogP contribution in [0.3, 0.4) is 0 Å². The van der Waals surface area contributed by atoms with Gasteiger partial charge in [0.1, 0.15) is 0 Å². The van der Waals surface area contributed by atoms with Crippen LogP contribution in [0.5, 0.6) is 0 Å². The summed E-state index contributed by atoms with van der Waals surface area (Å²) in [6.45, 7) is 4.31. The number of aromatic nitrogens is 3. The second kappa shape index (κ2) is 7.53. The van der Waals surface area contributed by atoms with Crippen molar-refractivity contribution in [2.45, 2.75) is 33.1 Å². The van der Waals surface area contributed by atoms with Gasteiger partial charge in [-0.25, -0.2) is 9.67 Å². The van der Waals surface area contributed by atoms with E-state index in [9.17, 15) is 9.59 Å². The second-order valence-corrected chi connectivity index (χ2v) is 5.35. The monoisotopic (exact) mass is 316 g/mol. The fourth-order valence-electron chi connectivity index (χ4n) is 2.21. The van der Waals surface area contributed by atoms with Gasteiger partial charge in [0, 0.05) is 24.9 Å². The van der Waals surface area contributed by atoms with Crippen molar-refractivity contribution in [3.63, 3.8) is 0 Å². The average Bonchev–Trinajstić information content (AvgIpc) is 2.85. The van der Waals surface area contributed by atoms with E-state index in [1.54, 1.807) is 16.8 Å². The van der Waals surface area contributed by atoms with Crippen LogP contribution in [0.4, 0.5) is 0 Å². The van der Waals surface area contributed by atoms with Crippen molar-refractivity contribution in [2.24, 2.45) is 0 Å². The quantitative estimate of drug-likeness (QED) is 0.760. The molecular weight excluding hydrogens is 296 g/mol. The molecule has 1 amide bonds. The smallest absolute Gasteiger partial charge is 0.303 e. The molecule has 0 saturated heterocycles. The first-order chi connectivity index (χ1) is 11.0. The minimum absolute atomic E-state index is 0.120. The first kappa shape index (κ1) is 16.7. The third kappa shape index (κ3) is 4.64. The number of amides is 1. The van der Waals surface area contributed by atoms with E-state index in [-0.39, 0.29) is 12.3 Å². The molecule has 0 bridgehead atoms. The molecule has 23 heavy (non-hydrogen) atoms. The summed E-state index contributed by atoms with van der Waals surface area (Å²) >= 11 is 0. The van der Waals surface area contributed by atoms with Gasteiger partial charge in [-0.1, -0.05) is 0 Å². The molecule has 0 unspecified atom stereocenters. The lowest BCUT2D eigenvalue weighted by Crippen LogP contribution is -2.24. The Hall–Kier alpha value is -2.70. The summed E-state index contributed by atoms with van der Waals surface area (Å²) in [5.41, 5.74) is 2.35. The summed E-state index contributed by atoms with van der Waals surface area (Å²) < 4.78 is 1.73. The number of unbranched alkanes of at least 4 members (excludes halogenated alkanes) is 1. The number of carbonyl (C=O) groups excluding carboxylic acids is 1. The van der Waals surface area contributed by atoms with Gasteiger partial charge in [0.2, 0.25) is 0 Å². The summed E-state index contributed by atoms with van der Waals surface area (Å²) in [6.07, 6.45) is 2.81. The van der Waals surface area contributed by atoms with Crippen LogP contribution in [0.15, 0.2) is 24.4 Å². The highest BCUT2D eigenvalue weighted by Crippen LogP contribution is 2.10. The first-order valence-electron chi connectivity index (χ1n) is 7.47. The van der Waals surface area contributed by atoms with Crippen LogP contribution in [-0.4, -0.2) is 38.3 Å². The number of nitrogens with zero attached hydrogens (tertiary/aromatic N) is 3. The van der Waals surface area contributed by atoms with E-state index in [0.29, 0.717) is 30.8 Å². The predicted octanol–water partition coefficient (Wildman–Crippen LogP) is 1.87. The van der Waals surface area contributed by atoms with Gasteiger partial charge in [0.15, 0.2) is 5.82 Å². The Bertz CT molecular complexity index is 692. The molecule has 0 aromatic carbocycles. The van der Waals surface area contributed by atoms with Crippen molar-refractivity contribution in [1.29, 1.82) is 0 Å². The third-order valence-corrected chi connectivity index (χ3v) is 3.34. The molecule has 0 saturated carbocycles. The van der Waals surface area contributed by atoms with E-state index < -0.39 is 5.97 Å². The van der Waals surface area contributed by atoms with Crippen LogP contribution in [0, 0.1) is 13.8 Å². The zero-order chi connectivity index (χ0) is 16.8. The summed E-state index contributed by atoms with van der Waals surface area (Å²) in [7, 11) is 0. The molecule has 0 aliphatic rings. The molecule has 2 rings (SSSR count). The van der Waals surface area contributed by atoms with E-state index in [2.05, 4.69) is 15.4 Å². The highest BCUT2D eigenvalue weighted by molar-refractivity contribution is 5.93. The maximum Gasteiger partial charge on any atom is 0.303 e. The standard InChI is InChI=1S/C16H20N4O3/c1-11-9-12(2)20(19-11)14-7-6-13(10-18-14)16(23)17-8-4-3-5-15(21)22/h6-7,9-10H,3-5,8H2,1-2H3,(H,17,23)(H,21,22). The number of aryl methyl sites for hydroxylation is 2. The van der Waals surface area contributed by atoms with Crippen LogP contribution in [-0.2, 0) is 4.79 Å². The summed E-state index contributed by atoms with van der Waals surface area (Å²) in [4.78, 5) is 26.6. The highest BCUT2D eigenvalue weighted by Gasteiger charge is 2.08. The Morgan fingerprint density at radius 2 is 2.04 bits per heavy atom. The van der Waals surface area contributed by atoms with E-state index >= 15 is 0 Å². The van der Waals surface area contributed by atoms with Crippen LogP contribution in [0.25, 0.3) is 5.82 Å². The van der Waals surface area contributed by atoms with Crippen molar-refractivity contribution in [3.8, 4) is 5.82 Å². The zero-order valence-electron chi connectivity index (χ0n) is 13.2. The SMILES string of the molecule is Cc1cc(C)n(-c2ccc(C(=O)NCCCCC(=O)O)cn2)n1. The minimum Gasteiger partial charge on any atom is -0.481 e. The number of nitrogens with one attached hydrogen (secondary N) is 1. The van der Waals surface area contributed by atoms with Crippen LogP contribution in [0.1, 0.15) is 41.0 Å². The molecular formula is C16H20N4O3. The molecule has 0 aliphatic carbocycles. The van der Waals surface area contributed by atoms with Crippen molar-refractivity contribution >= 4 is 11.9 Å². The third-order valence-electron chi connectivity index (χ3n) is 3.34. The Balaban J connectivity index is 1.90. The number of rotatable bonds is 7. The largest absolute Gasteiger partial charge is 0.481 e. The van der Waals surface area contributed by atoms with Crippen molar-refractivity contribution in [3.05, 3.63) is 41.3 Å². The Kier molecular flexibility index (Phi) is 5.46. The summed E-state index contributed by atoms with van der Waals surface area (Å²) in [5.74, 6) is -0.374. The Labute approximate surface area is 134 Å². The van der Waals surface area contributed by atoms with Gasteiger partial charge in [-0.3, -0.25) is 9.59 Å². The van der Waals surface area contributed by atoms with Gasteiger partial charge in [-0.05, 0) is 44.9 Å².